The van der Waals surface area contributed by atoms with Crippen LogP contribution in [0.5, 0.6) is 11.5 Å². The van der Waals surface area contributed by atoms with E-state index < -0.39 is 26.6 Å². The van der Waals surface area contributed by atoms with Crippen LogP contribution in [0.4, 0.5) is 14.6 Å². The van der Waals surface area contributed by atoms with Crippen molar-refractivity contribution in [3.8, 4) is 33.9 Å². The molecule has 0 saturated heterocycles. The molecule has 0 aliphatic carbocycles. The van der Waals surface area contributed by atoms with Crippen LogP contribution in [0.3, 0.4) is 0 Å². The maximum atomic E-state index is 14.9. The van der Waals surface area contributed by atoms with Crippen LogP contribution in [0, 0.1) is 11.6 Å². The van der Waals surface area contributed by atoms with Crippen molar-refractivity contribution < 1.29 is 26.4 Å². The van der Waals surface area contributed by atoms with Crippen molar-refractivity contribution in [2.24, 2.45) is 0 Å². The van der Waals surface area contributed by atoms with Crippen molar-refractivity contribution >= 4 is 38.8 Å². The van der Waals surface area contributed by atoms with Crippen molar-refractivity contribution in [1.29, 1.82) is 0 Å². The number of pyridine rings is 1. The normalized spacial score (nSPS) is 11.4. The average Bonchev–Trinajstić information content (AvgIpc) is 3.56. The zero-order valence-corrected chi connectivity index (χ0v) is 20.4. The molecule has 0 aliphatic rings. The quantitative estimate of drug-likeness (QED) is 0.237. The number of nitrogens with zero attached hydrogens (tertiary/aromatic N) is 2. The third-order valence-corrected chi connectivity index (χ3v) is 7.24. The highest BCUT2D eigenvalue weighted by molar-refractivity contribution is 7.92. The molecule has 0 radical (unpaired) electrons. The number of nitrogens with one attached hydrogen (secondary N) is 1. The molecule has 0 aliphatic heterocycles. The topological polar surface area (TPSA) is 94.3 Å². The monoisotopic (exact) mass is 545 g/mol. The SMILES string of the molecule is O=S(=O)(Nc1cscn1)c1cc(Cl)c(Oc2cnc(-c3cccc(F)c3)cc2-c2ccoc2)cc1F. The predicted octanol–water partition coefficient (Wildman–Crippen LogP) is 6.99. The van der Waals surface area contributed by atoms with E-state index in [2.05, 4.69) is 14.7 Å². The van der Waals surface area contributed by atoms with Crippen molar-refractivity contribution in [1.82, 2.24) is 9.97 Å². The summed E-state index contributed by atoms with van der Waals surface area (Å²) in [6.07, 6.45) is 4.31. The molecule has 0 bridgehead atoms. The molecule has 36 heavy (non-hydrogen) atoms. The number of furan rings is 1. The molecule has 0 saturated carbocycles. The van der Waals surface area contributed by atoms with Crippen molar-refractivity contribution in [2.75, 3.05) is 4.72 Å². The van der Waals surface area contributed by atoms with Gasteiger partial charge in [-0.3, -0.25) is 9.71 Å². The van der Waals surface area contributed by atoms with E-state index in [9.17, 15) is 17.2 Å². The molecule has 0 unspecified atom stereocenters. The van der Waals surface area contributed by atoms with Gasteiger partial charge < -0.3 is 9.15 Å². The van der Waals surface area contributed by atoms with E-state index in [1.165, 1.54) is 53.1 Å². The first-order valence-corrected chi connectivity index (χ1v) is 13.0. The van der Waals surface area contributed by atoms with Crippen LogP contribution in [0.25, 0.3) is 22.4 Å². The molecule has 0 fully saturated rings. The predicted molar refractivity (Wildman–Crippen MR) is 132 cm³/mol. The molecule has 5 aromatic rings. The number of thiazole rings is 1. The first-order valence-electron chi connectivity index (χ1n) is 10.2. The molecule has 0 atom stereocenters. The number of ether oxygens (including phenoxy) is 1. The maximum Gasteiger partial charge on any atom is 0.266 e. The first kappa shape index (κ1) is 23.9. The Morgan fingerprint density at radius 3 is 2.61 bits per heavy atom. The van der Waals surface area contributed by atoms with Gasteiger partial charge in [0.05, 0.1) is 35.0 Å². The van der Waals surface area contributed by atoms with Gasteiger partial charge in [0, 0.05) is 28.1 Å². The molecule has 7 nitrogen and oxygen atoms in total. The first-order chi connectivity index (χ1) is 17.3. The van der Waals surface area contributed by atoms with Gasteiger partial charge in [0.1, 0.15) is 22.3 Å². The van der Waals surface area contributed by atoms with E-state index in [-0.39, 0.29) is 22.3 Å². The summed E-state index contributed by atoms with van der Waals surface area (Å²) in [6, 6.07) is 11.1. The van der Waals surface area contributed by atoms with E-state index in [4.69, 9.17) is 20.8 Å². The van der Waals surface area contributed by atoms with Gasteiger partial charge in [-0.05, 0) is 30.3 Å². The zero-order valence-electron chi connectivity index (χ0n) is 18.0. The van der Waals surface area contributed by atoms with Crippen molar-refractivity contribution in [2.45, 2.75) is 4.90 Å². The molecule has 0 amide bonds. The minimum atomic E-state index is -4.29. The Hall–Kier alpha value is -3.80. The third kappa shape index (κ3) is 4.94. The number of anilines is 1. The lowest BCUT2D eigenvalue weighted by molar-refractivity contribution is 0.473. The van der Waals surface area contributed by atoms with Gasteiger partial charge in [0.25, 0.3) is 10.0 Å². The van der Waals surface area contributed by atoms with Crippen LogP contribution >= 0.6 is 22.9 Å². The molecule has 2 aromatic carbocycles. The standard InChI is InChI=1S/C24H14ClF2N3O4S2/c25-18-8-23(36(31,32)30-24-12-35-13-29-24)19(27)9-21(18)34-22-10-28-20(14-2-1-3-16(26)6-14)7-17(22)15-4-5-33-11-15/h1-13,30H. The second-order valence-corrected chi connectivity index (χ2v) is 10.2. The number of hydrogen-bond donors (Lipinski definition) is 1. The van der Waals surface area contributed by atoms with Gasteiger partial charge in [-0.25, -0.2) is 22.2 Å². The molecule has 182 valence electrons. The summed E-state index contributed by atoms with van der Waals surface area (Å²) in [5, 5.41) is 1.31. The van der Waals surface area contributed by atoms with Gasteiger partial charge in [-0.2, -0.15) is 0 Å². The fourth-order valence-electron chi connectivity index (χ4n) is 3.34. The van der Waals surface area contributed by atoms with Crippen LogP contribution in [-0.2, 0) is 10.0 Å². The molecule has 3 aromatic heterocycles. The van der Waals surface area contributed by atoms with Gasteiger partial charge in [0.15, 0.2) is 11.6 Å². The fourth-order valence-corrected chi connectivity index (χ4v) is 5.25. The molecule has 0 spiro atoms. The van der Waals surface area contributed by atoms with Crippen LogP contribution in [0.2, 0.25) is 5.02 Å². The summed E-state index contributed by atoms with van der Waals surface area (Å²) in [4.78, 5) is 7.51. The van der Waals surface area contributed by atoms with Gasteiger partial charge in [-0.1, -0.05) is 23.7 Å². The highest BCUT2D eigenvalue weighted by Gasteiger charge is 2.24. The highest BCUT2D eigenvalue weighted by atomic mass is 35.5. The van der Waals surface area contributed by atoms with Crippen LogP contribution in [0.1, 0.15) is 0 Å². The van der Waals surface area contributed by atoms with E-state index in [0.717, 1.165) is 12.1 Å². The molecule has 12 heteroatoms. The molecule has 3 heterocycles. The molecule has 1 N–H and O–H groups in total. The lowest BCUT2D eigenvalue weighted by Gasteiger charge is -2.14. The summed E-state index contributed by atoms with van der Waals surface area (Å²) in [5.41, 5.74) is 3.57. The largest absolute Gasteiger partial charge is 0.472 e. The van der Waals surface area contributed by atoms with Gasteiger partial charge >= 0.3 is 0 Å². The Kier molecular flexibility index (Phi) is 6.44. The van der Waals surface area contributed by atoms with Crippen molar-refractivity contribution in [3.63, 3.8) is 0 Å². The second kappa shape index (κ2) is 9.69. The Labute approximate surface area is 213 Å². The van der Waals surface area contributed by atoms with Gasteiger partial charge in [-0.15, -0.1) is 11.3 Å². The zero-order chi connectivity index (χ0) is 25.3. The third-order valence-electron chi connectivity index (χ3n) is 4.99. The second-order valence-electron chi connectivity index (χ2n) is 7.38. The Bertz CT molecular complexity index is 1640. The number of aromatic nitrogens is 2. The summed E-state index contributed by atoms with van der Waals surface area (Å²) >= 11 is 7.46. The smallest absolute Gasteiger partial charge is 0.266 e. The minimum Gasteiger partial charge on any atom is -0.472 e. The van der Waals surface area contributed by atoms with Crippen LogP contribution < -0.4 is 9.46 Å². The Morgan fingerprint density at radius 1 is 1.03 bits per heavy atom. The van der Waals surface area contributed by atoms with Gasteiger partial charge in [0.2, 0.25) is 0 Å². The van der Waals surface area contributed by atoms with Crippen molar-refractivity contribution in [3.05, 3.63) is 94.8 Å². The number of benzene rings is 2. The summed E-state index contributed by atoms with van der Waals surface area (Å²) in [5.74, 6) is -1.38. The lowest BCUT2D eigenvalue weighted by Crippen LogP contribution is -2.15. The Morgan fingerprint density at radius 2 is 1.89 bits per heavy atom. The van der Waals surface area contributed by atoms with E-state index in [1.807, 2.05) is 0 Å². The summed E-state index contributed by atoms with van der Waals surface area (Å²) in [6.45, 7) is 0. The number of hydrogen-bond acceptors (Lipinski definition) is 7. The number of rotatable bonds is 7. The van der Waals surface area contributed by atoms with E-state index in [1.54, 1.807) is 24.3 Å². The van der Waals surface area contributed by atoms with E-state index >= 15 is 0 Å². The number of sulfonamides is 1. The highest BCUT2D eigenvalue weighted by Crippen LogP contribution is 2.39. The summed E-state index contributed by atoms with van der Waals surface area (Å²) in [7, 11) is -4.29. The molecular formula is C24H14ClF2N3O4S2. The van der Waals surface area contributed by atoms with Crippen LogP contribution in [-0.4, -0.2) is 18.4 Å². The maximum absolute atomic E-state index is 14.9. The molecular weight excluding hydrogens is 532 g/mol. The minimum absolute atomic E-state index is 0.0602. The van der Waals surface area contributed by atoms with E-state index in [0.29, 0.717) is 22.4 Å². The summed E-state index contributed by atoms with van der Waals surface area (Å²) < 4.78 is 67.1. The lowest BCUT2D eigenvalue weighted by atomic mass is 10.0. The number of halogens is 3. The molecule has 5 rings (SSSR count). The Balaban J connectivity index is 1.51. The fraction of sp³-hybridized carbons (Fsp3) is 0. The average molecular weight is 546 g/mol. The van der Waals surface area contributed by atoms with Crippen LogP contribution in [0.15, 0.2) is 87.5 Å².